The molecule has 0 saturated carbocycles. The first-order valence-electron chi connectivity index (χ1n) is 7.49. The fourth-order valence-corrected chi connectivity index (χ4v) is 3.14. The van der Waals surface area contributed by atoms with Gasteiger partial charge in [-0.1, -0.05) is 12.1 Å². The van der Waals surface area contributed by atoms with Crippen LogP contribution in [0.3, 0.4) is 0 Å². The molecule has 1 aromatic carbocycles. The van der Waals surface area contributed by atoms with E-state index in [0.29, 0.717) is 5.82 Å². The quantitative estimate of drug-likeness (QED) is 0.475. The standard InChI is InChI=1S/C16H16FN5.I2/c17-12-4-1-3-11(9-12)13-5-2-8-21(13)16-7-6-15-19-10-14(18)22(15)20-16;1-2/h1,3-4,6-7,9-10,13H,2,5,8,18H2;. The van der Waals surface area contributed by atoms with Gasteiger partial charge in [-0.3, -0.25) is 0 Å². The predicted octanol–water partition coefficient (Wildman–Crippen LogP) is 4.56. The van der Waals surface area contributed by atoms with Gasteiger partial charge in [0.1, 0.15) is 17.5 Å². The molecule has 1 aliphatic heterocycles. The highest BCUT2D eigenvalue weighted by atomic mass is 128. The van der Waals surface area contributed by atoms with E-state index in [4.69, 9.17) is 5.73 Å². The molecular formula is C16H16FI2N5. The van der Waals surface area contributed by atoms with Crippen LogP contribution >= 0.6 is 37.2 Å². The first kappa shape index (κ1) is 17.6. The highest BCUT2D eigenvalue weighted by Gasteiger charge is 2.27. The zero-order chi connectivity index (χ0) is 17.1. The van der Waals surface area contributed by atoms with Crippen molar-refractivity contribution in [2.45, 2.75) is 18.9 Å². The van der Waals surface area contributed by atoms with Crippen LogP contribution in [0.4, 0.5) is 16.0 Å². The number of anilines is 2. The molecule has 1 aliphatic rings. The maximum absolute atomic E-state index is 13.5. The number of nitrogens with two attached hydrogens (primary N) is 1. The van der Waals surface area contributed by atoms with Crippen LogP contribution in [0.15, 0.2) is 42.6 Å². The molecular weight excluding hydrogens is 535 g/mol. The van der Waals surface area contributed by atoms with Gasteiger partial charge in [-0.15, -0.1) is 5.10 Å². The molecule has 3 aromatic rings. The van der Waals surface area contributed by atoms with Crippen LogP contribution in [-0.2, 0) is 0 Å². The van der Waals surface area contributed by atoms with E-state index < -0.39 is 0 Å². The van der Waals surface area contributed by atoms with Gasteiger partial charge >= 0.3 is 0 Å². The Morgan fingerprint density at radius 3 is 2.83 bits per heavy atom. The molecule has 2 N–H and O–H groups in total. The summed E-state index contributed by atoms with van der Waals surface area (Å²) >= 11 is 4.24. The van der Waals surface area contributed by atoms with Crippen LogP contribution in [-0.4, -0.2) is 21.1 Å². The lowest BCUT2D eigenvalue weighted by molar-refractivity contribution is 0.617. The van der Waals surface area contributed by atoms with Gasteiger partial charge in [0.15, 0.2) is 5.65 Å². The van der Waals surface area contributed by atoms with Crippen molar-refractivity contribution in [2.75, 3.05) is 17.2 Å². The van der Waals surface area contributed by atoms with Crippen molar-refractivity contribution in [3.8, 4) is 0 Å². The fraction of sp³-hybridized carbons (Fsp3) is 0.250. The number of fused-ring (bicyclic) bond motifs is 1. The van der Waals surface area contributed by atoms with Crippen LogP contribution < -0.4 is 10.6 Å². The van der Waals surface area contributed by atoms with Crippen molar-refractivity contribution in [1.29, 1.82) is 0 Å². The number of aromatic nitrogens is 3. The molecule has 1 unspecified atom stereocenters. The highest BCUT2D eigenvalue weighted by molar-refractivity contribution is 15.0. The summed E-state index contributed by atoms with van der Waals surface area (Å²) in [5.74, 6) is 1.15. The van der Waals surface area contributed by atoms with Crippen molar-refractivity contribution in [3.63, 3.8) is 0 Å². The minimum absolute atomic E-state index is 0.144. The average molecular weight is 551 g/mol. The molecule has 1 atom stereocenters. The lowest BCUT2D eigenvalue weighted by Crippen LogP contribution is -2.24. The van der Waals surface area contributed by atoms with Crippen LogP contribution in [0.25, 0.3) is 5.65 Å². The Labute approximate surface area is 162 Å². The molecule has 0 amide bonds. The van der Waals surface area contributed by atoms with Gasteiger partial charge in [-0.05, 0) is 42.7 Å². The predicted molar refractivity (Wildman–Crippen MR) is 111 cm³/mol. The molecule has 0 spiro atoms. The van der Waals surface area contributed by atoms with E-state index in [1.54, 1.807) is 22.8 Å². The van der Waals surface area contributed by atoms with E-state index in [9.17, 15) is 4.39 Å². The summed E-state index contributed by atoms with van der Waals surface area (Å²) in [4.78, 5) is 6.38. The summed E-state index contributed by atoms with van der Waals surface area (Å²) in [6.07, 6.45) is 3.64. The lowest BCUT2D eigenvalue weighted by atomic mass is 10.0. The number of benzene rings is 1. The van der Waals surface area contributed by atoms with E-state index >= 15 is 0 Å². The summed E-state index contributed by atoms with van der Waals surface area (Å²) in [7, 11) is 0. The van der Waals surface area contributed by atoms with Gasteiger partial charge in [-0.25, -0.2) is 9.37 Å². The highest BCUT2D eigenvalue weighted by Crippen LogP contribution is 2.35. The maximum Gasteiger partial charge on any atom is 0.156 e. The molecule has 0 aliphatic carbocycles. The van der Waals surface area contributed by atoms with Crippen LogP contribution in [0, 0.1) is 5.82 Å². The van der Waals surface area contributed by atoms with Gasteiger partial charge in [-0.2, -0.15) is 4.52 Å². The molecule has 1 fully saturated rings. The Hall–Kier alpha value is -1.17. The largest absolute Gasteiger partial charge is 0.382 e. The number of rotatable bonds is 2. The van der Waals surface area contributed by atoms with Crippen molar-refractivity contribution < 1.29 is 4.39 Å². The number of halogens is 3. The SMILES string of the molecule is II.Nc1cnc2ccc(N3CCCC3c3cccc(F)c3)nn12. The first-order chi connectivity index (χ1) is 11.7. The van der Waals surface area contributed by atoms with E-state index in [0.717, 1.165) is 36.4 Å². The second kappa shape index (κ2) is 7.81. The third-order valence-electron chi connectivity index (χ3n) is 4.16. The fourth-order valence-electron chi connectivity index (χ4n) is 3.14. The van der Waals surface area contributed by atoms with Gasteiger partial charge in [0.2, 0.25) is 0 Å². The lowest BCUT2D eigenvalue weighted by Gasteiger charge is -2.26. The van der Waals surface area contributed by atoms with E-state index in [1.807, 2.05) is 18.2 Å². The van der Waals surface area contributed by atoms with E-state index in [1.165, 1.54) is 6.07 Å². The minimum Gasteiger partial charge on any atom is -0.382 e. The Balaban J connectivity index is 0.000000815. The Bertz CT molecular complexity index is 838. The van der Waals surface area contributed by atoms with Crippen LogP contribution in [0.2, 0.25) is 0 Å². The smallest absolute Gasteiger partial charge is 0.156 e. The summed E-state index contributed by atoms with van der Waals surface area (Å²) in [6.45, 7) is 0.897. The minimum atomic E-state index is -0.202. The number of imidazole rings is 1. The second-order valence-electron chi connectivity index (χ2n) is 5.55. The first-order valence-corrected chi connectivity index (χ1v) is 13.8. The monoisotopic (exact) mass is 551 g/mol. The third-order valence-corrected chi connectivity index (χ3v) is 4.16. The third kappa shape index (κ3) is 3.44. The molecule has 5 nitrogen and oxygen atoms in total. The zero-order valence-electron chi connectivity index (χ0n) is 12.7. The van der Waals surface area contributed by atoms with Crippen molar-refractivity contribution >= 4 is 54.5 Å². The van der Waals surface area contributed by atoms with E-state index in [-0.39, 0.29) is 11.9 Å². The van der Waals surface area contributed by atoms with Crippen molar-refractivity contribution in [3.05, 3.63) is 54.0 Å². The second-order valence-corrected chi connectivity index (χ2v) is 5.55. The summed E-state index contributed by atoms with van der Waals surface area (Å²) < 4.78 is 15.1. The molecule has 8 heteroatoms. The van der Waals surface area contributed by atoms with Crippen LogP contribution in [0.5, 0.6) is 0 Å². The summed E-state index contributed by atoms with van der Waals surface area (Å²) in [5, 5.41) is 4.58. The molecule has 2 aromatic heterocycles. The molecule has 126 valence electrons. The van der Waals surface area contributed by atoms with Gasteiger partial charge in [0, 0.05) is 43.8 Å². The summed E-state index contributed by atoms with van der Waals surface area (Å²) in [5.41, 5.74) is 7.59. The summed E-state index contributed by atoms with van der Waals surface area (Å²) in [6, 6.07) is 10.8. The molecule has 4 rings (SSSR count). The molecule has 0 radical (unpaired) electrons. The maximum atomic E-state index is 13.5. The normalized spacial score (nSPS) is 17.0. The van der Waals surface area contributed by atoms with Gasteiger partial charge in [0.05, 0.1) is 12.2 Å². The topological polar surface area (TPSA) is 59.5 Å². The Morgan fingerprint density at radius 2 is 2.04 bits per heavy atom. The van der Waals surface area contributed by atoms with Gasteiger partial charge in [0.25, 0.3) is 0 Å². The number of hydrogen-bond acceptors (Lipinski definition) is 4. The molecule has 3 heterocycles. The van der Waals surface area contributed by atoms with Crippen molar-refractivity contribution in [1.82, 2.24) is 14.6 Å². The zero-order valence-corrected chi connectivity index (χ0v) is 17.1. The Kier molecular flexibility index (Phi) is 5.74. The molecule has 1 saturated heterocycles. The average Bonchev–Trinajstić information content (AvgIpc) is 3.24. The number of nitrogen functional groups attached to an aromatic ring is 1. The van der Waals surface area contributed by atoms with E-state index in [2.05, 4.69) is 52.2 Å². The Morgan fingerprint density at radius 1 is 1.21 bits per heavy atom. The molecule has 0 bridgehead atoms. The van der Waals surface area contributed by atoms with Crippen molar-refractivity contribution in [2.24, 2.45) is 0 Å². The van der Waals surface area contributed by atoms with Gasteiger partial charge < -0.3 is 10.6 Å². The molecule has 24 heavy (non-hydrogen) atoms. The number of nitrogens with zero attached hydrogens (tertiary/aromatic N) is 4. The number of hydrogen-bond donors (Lipinski definition) is 1. The van der Waals surface area contributed by atoms with Crippen LogP contribution in [0.1, 0.15) is 24.4 Å².